The van der Waals surface area contributed by atoms with Crippen molar-refractivity contribution in [1.82, 2.24) is 0 Å². The number of anilines is 1. The second kappa shape index (κ2) is 4.90. The molecule has 1 aliphatic rings. The number of benzene rings is 1. The molecule has 1 heterocycles. The fourth-order valence-corrected chi connectivity index (χ4v) is 1.90. The van der Waals surface area contributed by atoms with Gasteiger partial charge in [0.2, 0.25) is 0 Å². The highest BCUT2D eigenvalue weighted by Gasteiger charge is 2.35. The largest absolute Gasteiger partial charge is 0.481 e. The Labute approximate surface area is 109 Å². The van der Waals surface area contributed by atoms with Gasteiger partial charge in [0.25, 0.3) is 5.91 Å². The van der Waals surface area contributed by atoms with Crippen molar-refractivity contribution in [3.05, 3.63) is 29.8 Å². The molecule has 1 aromatic carbocycles. The number of amides is 1. The Kier molecular flexibility index (Phi) is 3.29. The number of nitrogens with zero attached hydrogens (tertiary/aromatic N) is 3. The van der Waals surface area contributed by atoms with Crippen LogP contribution in [-0.4, -0.2) is 22.7 Å². The first kappa shape index (κ1) is 12.8. The average molecular weight is 257 g/mol. The van der Waals surface area contributed by atoms with E-state index in [-0.39, 0.29) is 12.3 Å². The Bertz CT molecular complexity index is 616. The average Bonchev–Trinajstić information content (AvgIpc) is 2.66. The summed E-state index contributed by atoms with van der Waals surface area (Å²) in [6.45, 7) is 1.62. The van der Waals surface area contributed by atoms with Crippen molar-refractivity contribution in [1.29, 1.82) is 5.26 Å². The van der Waals surface area contributed by atoms with Gasteiger partial charge in [-0.1, -0.05) is 6.07 Å². The van der Waals surface area contributed by atoms with E-state index in [1.54, 1.807) is 25.1 Å². The maximum absolute atomic E-state index is 12.1. The van der Waals surface area contributed by atoms with Gasteiger partial charge in [-0.05, 0) is 25.1 Å². The number of rotatable bonds is 3. The van der Waals surface area contributed by atoms with E-state index in [1.807, 2.05) is 6.07 Å². The predicted octanol–water partition coefficient (Wildman–Crippen LogP) is 1.37. The van der Waals surface area contributed by atoms with Crippen LogP contribution >= 0.6 is 0 Å². The first-order valence-corrected chi connectivity index (χ1v) is 5.64. The highest BCUT2D eigenvalue weighted by Crippen LogP contribution is 2.26. The van der Waals surface area contributed by atoms with Crippen molar-refractivity contribution in [2.45, 2.75) is 13.3 Å². The number of aliphatic carboxylic acids is 1. The Morgan fingerprint density at radius 2 is 2.32 bits per heavy atom. The molecule has 1 unspecified atom stereocenters. The third-order valence-corrected chi connectivity index (χ3v) is 2.87. The minimum absolute atomic E-state index is 0.275. The summed E-state index contributed by atoms with van der Waals surface area (Å²) in [6.07, 6.45) is -0.275. The molecule has 96 valence electrons. The summed E-state index contributed by atoms with van der Waals surface area (Å²) in [5.74, 6) is -2.15. The van der Waals surface area contributed by atoms with E-state index in [2.05, 4.69) is 5.10 Å². The van der Waals surface area contributed by atoms with Gasteiger partial charge in [-0.25, -0.2) is 5.01 Å². The van der Waals surface area contributed by atoms with Crippen LogP contribution < -0.4 is 5.01 Å². The Morgan fingerprint density at radius 1 is 1.58 bits per heavy atom. The molecule has 0 aliphatic carbocycles. The first-order valence-electron chi connectivity index (χ1n) is 5.64. The molecule has 0 saturated heterocycles. The Hall–Kier alpha value is -2.68. The van der Waals surface area contributed by atoms with Crippen LogP contribution in [0.1, 0.15) is 18.9 Å². The number of carbonyl (C=O) groups is 2. The lowest BCUT2D eigenvalue weighted by Gasteiger charge is -2.13. The highest BCUT2D eigenvalue weighted by molar-refractivity contribution is 6.16. The quantitative estimate of drug-likeness (QED) is 0.884. The predicted molar refractivity (Wildman–Crippen MR) is 67.5 cm³/mol. The molecular formula is C13H11N3O3. The van der Waals surface area contributed by atoms with Gasteiger partial charge >= 0.3 is 5.97 Å². The molecule has 1 N–H and O–H groups in total. The monoisotopic (exact) mass is 257 g/mol. The molecule has 1 aromatic rings. The lowest BCUT2D eigenvalue weighted by molar-refractivity contribution is -0.139. The van der Waals surface area contributed by atoms with Gasteiger partial charge in [0.1, 0.15) is 0 Å². The van der Waals surface area contributed by atoms with E-state index in [0.717, 1.165) is 5.01 Å². The van der Waals surface area contributed by atoms with Crippen molar-refractivity contribution in [3.63, 3.8) is 0 Å². The number of carboxylic acid groups (broad SMARTS) is 1. The SMILES string of the molecule is CC1=NN(c2cccc(C#N)c2)C(=O)C1CC(=O)O. The van der Waals surface area contributed by atoms with E-state index in [0.29, 0.717) is 17.0 Å². The summed E-state index contributed by atoms with van der Waals surface area (Å²) in [4.78, 5) is 22.8. The van der Waals surface area contributed by atoms with E-state index in [1.165, 1.54) is 6.07 Å². The van der Waals surface area contributed by atoms with E-state index in [9.17, 15) is 9.59 Å². The second-order valence-electron chi connectivity index (χ2n) is 4.20. The lowest BCUT2D eigenvalue weighted by Crippen LogP contribution is -2.28. The molecule has 1 aliphatic heterocycles. The smallest absolute Gasteiger partial charge is 0.304 e. The van der Waals surface area contributed by atoms with Gasteiger partial charge in [-0.2, -0.15) is 10.4 Å². The van der Waals surface area contributed by atoms with E-state index >= 15 is 0 Å². The third kappa shape index (κ3) is 2.45. The summed E-state index contributed by atoms with van der Waals surface area (Å²) in [5.41, 5.74) is 1.35. The maximum Gasteiger partial charge on any atom is 0.304 e. The Balaban J connectivity index is 2.30. The summed E-state index contributed by atoms with van der Waals surface area (Å²) in [6, 6.07) is 8.44. The molecule has 1 amide bonds. The summed E-state index contributed by atoms with van der Waals surface area (Å²) in [5, 5.41) is 22.8. The van der Waals surface area contributed by atoms with Crippen molar-refractivity contribution in [2.24, 2.45) is 11.0 Å². The van der Waals surface area contributed by atoms with Crippen LogP contribution in [0.4, 0.5) is 5.69 Å². The molecule has 19 heavy (non-hydrogen) atoms. The number of nitriles is 1. The van der Waals surface area contributed by atoms with Crippen molar-refractivity contribution >= 4 is 23.3 Å². The molecule has 6 nitrogen and oxygen atoms in total. The van der Waals surface area contributed by atoms with Gasteiger partial charge in [-0.3, -0.25) is 9.59 Å². The third-order valence-electron chi connectivity index (χ3n) is 2.87. The molecule has 0 fully saturated rings. The molecule has 2 rings (SSSR count). The van der Waals surface area contributed by atoms with Crippen molar-refractivity contribution in [3.8, 4) is 6.07 Å². The maximum atomic E-state index is 12.1. The van der Waals surface area contributed by atoms with Gasteiger partial charge in [0.05, 0.1) is 29.7 Å². The molecule has 1 atom stereocenters. The van der Waals surface area contributed by atoms with Gasteiger partial charge in [0, 0.05) is 5.71 Å². The number of carbonyl (C=O) groups excluding carboxylic acids is 1. The zero-order valence-electron chi connectivity index (χ0n) is 10.2. The molecule has 0 spiro atoms. The zero-order chi connectivity index (χ0) is 14.0. The molecular weight excluding hydrogens is 246 g/mol. The van der Waals surface area contributed by atoms with Crippen LogP contribution in [0.2, 0.25) is 0 Å². The van der Waals surface area contributed by atoms with Crippen molar-refractivity contribution in [2.75, 3.05) is 5.01 Å². The van der Waals surface area contributed by atoms with Gasteiger partial charge in [-0.15, -0.1) is 0 Å². The summed E-state index contributed by atoms with van der Waals surface area (Å²) in [7, 11) is 0. The summed E-state index contributed by atoms with van der Waals surface area (Å²) < 4.78 is 0. The fourth-order valence-electron chi connectivity index (χ4n) is 1.90. The minimum Gasteiger partial charge on any atom is -0.481 e. The number of hydrazone groups is 1. The van der Waals surface area contributed by atoms with Crippen LogP contribution in [0.25, 0.3) is 0 Å². The second-order valence-corrected chi connectivity index (χ2v) is 4.20. The fraction of sp³-hybridized carbons (Fsp3) is 0.231. The van der Waals surface area contributed by atoms with Crippen LogP contribution in [0.5, 0.6) is 0 Å². The zero-order valence-corrected chi connectivity index (χ0v) is 10.2. The van der Waals surface area contributed by atoms with E-state index in [4.69, 9.17) is 10.4 Å². The van der Waals surface area contributed by atoms with Crippen LogP contribution in [0, 0.1) is 17.2 Å². The Morgan fingerprint density at radius 3 is 2.95 bits per heavy atom. The van der Waals surface area contributed by atoms with Gasteiger partial charge < -0.3 is 5.11 Å². The molecule has 0 radical (unpaired) electrons. The minimum atomic E-state index is -1.04. The number of hydrogen-bond acceptors (Lipinski definition) is 4. The molecule has 0 aromatic heterocycles. The van der Waals surface area contributed by atoms with Gasteiger partial charge in [0.15, 0.2) is 0 Å². The molecule has 0 saturated carbocycles. The molecule has 6 heteroatoms. The summed E-state index contributed by atoms with van der Waals surface area (Å²) >= 11 is 0. The lowest BCUT2D eigenvalue weighted by atomic mass is 10.0. The topological polar surface area (TPSA) is 93.8 Å². The molecule has 0 bridgehead atoms. The number of hydrogen-bond donors (Lipinski definition) is 1. The van der Waals surface area contributed by atoms with Crippen molar-refractivity contribution < 1.29 is 14.7 Å². The first-order chi connectivity index (χ1) is 9.02. The highest BCUT2D eigenvalue weighted by atomic mass is 16.4. The standard InChI is InChI=1S/C13H11N3O3/c1-8-11(6-12(17)18)13(19)16(15-8)10-4-2-3-9(5-10)7-14/h2-5,11H,6H2,1H3,(H,17,18). The van der Waals surface area contributed by atoms with Crippen LogP contribution in [0.3, 0.4) is 0 Å². The normalized spacial score (nSPS) is 18.1. The number of carboxylic acids is 1. The van der Waals surface area contributed by atoms with Crippen LogP contribution in [0.15, 0.2) is 29.4 Å². The van der Waals surface area contributed by atoms with Crippen LogP contribution in [-0.2, 0) is 9.59 Å². The van der Waals surface area contributed by atoms with E-state index < -0.39 is 11.9 Å².